The number of methoxy groups -OCH3 is 3. The highest BCUT2D eigenvalue weighted by Gasteiger charge is 2.24. The fourth-order valence-electron chi connectivity index (χ4n) is 2.59. The van der Waals surface area contributed by atoms with E-state index >= 15 is 0 Å². The summed E-state index contributed by atoms with van der Waals surface area (Å²) in [6, 6.07) is 2.97. The molecule has 0 aliphatic heterocycles. The normalized spacial score (nSPS) is 12.0. The first-order chi connectivity index (χ1) is 10.6. The Balaban J connectivity index is 2.79. The molecule has 0 amide bonds. The van der Waals surface area contributed by atoms with Gasteiger partial charge in [-0.1, -0.05) is 6.92 Å². The Bertz CT molecular complexity index is 704. The largest absolute Gasteiger partial charge is 0.497 e. The number of fused-ring (bicyclic) bond motifs is 1. The molecule has 0 fully saturated rings. The summed E-state index contributed by atoms with van der Waals surface area (Å²) in [7, 11) is 4.42. The van der Waals surface area contributed by atoms with E-state index < -0.39 is 6.04 Å². The molecule has 0 aliphatic carbocycles. The van der Waals surface area contributed by atoms with Crippen molar-refractivity contribution < 1.29 is 23.8 Å². The van der Waals surface area contributed by atoms with Crippen LogP contribution in [0.25, 0.3) is 10.9 Å². The number of hydrogen-bond acceptors (Lipinski definition) is 5. The summed E-state index contributed by atoms with van der Waals surface area (Å²) in [5.41, 5.74) is 1.15. The molecule has 1 aromatic heterocycles. The third-order valence-corrected chi connectivity index (χ3v) is 3.68. The van der Waals surface area contributed by atoms with Crippen LogP contribution in [0.5, 0.6) is 11.5 Å². The predicted molar refractivity (Wildman–Crippen MR) is 81.8 cm³/mol. The average molecular weight is 305 g/mol. The zero-order chi connectivity index (χ0) is 16.3. The van der Waals surface area contributed by atoms with Crippen molar-refractivity contribution in [1.29, 1.82) is 0 Å². The van der Waals surface area contributed by atoms with Crippen molar-refractivity contribution in [3.63, 3.8) is 0 Å². The second-order valence-corrected chi connectivity index (χ2v) is 4.78. The van der Waals surface area contributed by atoms with Crippen LogP contribution < -0.4 is 9.47 Å². The lowest BCUT2D eigenvalue weighted by molar-refractivity contribution is -0.144. The van der Waals surface area contributed by atoms with Crippen molar-refractivity contribution >= 4 is 23.2 Å². The van der Waals surface area contributed by atoms with Gasteiger partial charge in [0, 0.05) is 23.9 Å². The second kappa shape index (κ2) is 6.51. The van der Waals surface area contributed by atoms with Crippen LogP contribution in [0.1, 0.15) is 29.7 Å². The van der Waals surface area contributed by atoms with Crippen molar-refractivity contribution in [2.45, 2.75) is 19.4 Å². The fourth-order valence-corrected chi connectivity index (χ4v) is 2.59. The third-order valence-electron chi connectivity index (χ3n) is 3.68. The molecule has 22 heavy (non-hydrogen) atoms. The van der Waals surface area contributed by atoms with Gasteiger partial charge in [-0.3, -0.25) is 4.79 Å². The van der Waals surface area contributed by atoms with Gasteiger partial charge < -0.3 is 18.8 Å². The summed E-state index contributed by atoms with van der Waals surface area (Å²) in [5, 5.41) is 0.653. The minimum Gasteiger partial charge on any atom is -0.497 e. The van der Waals surface area contributed by atoms with Crippen LogP contribution in [-0.2, 0) is 9.53 Å². The van der Waals surface area contributed by atoms with Gasteiger partial charge in [-0.2, -0.15) is 0 Å². The highest BCUT2D eigenvalue weighted by atomic mass is 16.5. The molecule has 0 bridgehead atoms. The molecule has 0 N–H and O–H groups in total. The molecule has 1 aromatic carbocycles. The molecule has 2 aromatic rings. The molecule has 1 atom stereocenters. The summed E-state index contributed by atoms with van der Waals surface area (Å²) < 4.78 is 17.2. The molecule has 118 valence electrons. The van der Waals surface area contributed by atoms with Crippen LogP contribution in [-0.4, -0.2) is 38.2 Å². The summed E-state index contributed by atoms with van der Waals surface area (Å²) in [5.74, 6) is 0.745. The van der Waals surface area contributed by atoms with Crippen LogP contribution in [0.2, 0.25) is 0 Å². The monoisotopic (exact) mass is 305 g/mol. The van der Waals surface area contributed by atoms with Gasteiger partial charge in [0.2, 0.25) is 0 Å². The summed E-state index contributed by atoms with van der Waals surface area (Å²) in [6.45, 7) is 1.88. The maximum atomic E-state index is 12.0. The van der Waals surface area contributed by atoms with Crippen LogP contribution in [0.3, 0.4) is 0 Å². The summed E-state index contributed by atoms with van der Waals surface area (Å²) in [6.07, 6.45) is 2.93. The van der Waals surface area contributed by atoms with Crippen LogP contribution >= 0.6 is 0 Å². The molecule has 6 nitrogen and oxygen atoms in total. The number of aromatic nitrogens is 1. The molecule has 6 heteroatoms. The third kappa shape index (κ3) is 2.52. The average Bonchev–Trinajstić information content (AvgIpc) is 2.93. The molecule has 0 aliphatic rings. The lowest BCUT2D eigenvalue weighted by Gasteiger charge is -2.16. The molecule has 1 heterocycles. The number of carbonyl (C=O) groups is 2. The van der Waals surface area contributed by atoms with E-state index in [1.807, 2.05) is 6.92 Å². The minimum atomic E-state index is -0.516. The van der Waals surface area contributed by atoms with Crippen LogP contribution in [0, 0.1) is 0 Å². The first-order valence-electron chi connectivity index (χ1n) is 6.90. The Kier molecular flexibility index (Phi) is 4.70. The number of aldehydes is 1. The molecule has 0 saturated carbocycles. The van der Waals surface area contributed by atoms with E-state index in [9.17, 15) is 9.59 Å². The summed E-state index contributed by atoms with van der Waals surface area (Å²) in [4.78, 5) is 23.4. The number of rotatable bonds is 6. The molecular formula is C16H19NO5. The predicted octanol–water partition coefficient (Wildman–Crippen LogP) is 2.60. The Morgan fingerprint density at radius 2 is 2.00 bits per heavy atom. The number of nitrogens with zero attached hydrogens (tertiary/aromatic N) is 1. The van der Waals surface area contributed by atoms with Crippen LogP contribution in [0.15, 0.2) is 18.3 Å². The van der Waals surface area contributed by atoms with E-state index in [1.54, 1.807) is 30.0 Å². The molecule has 0 saturated heterocycles. The topological polar surface area (TPSA) is 66.8 Å². The molecule has 0 radical (unpaired) electrons. The lowest BCUT2D eigenvalue weighted by atomic mass is 10.1. The van der Waals surface area contributed by atoms with Crippen LogP contribution in [0.4, 0.5) is 0 Å². The van der Waals surface area contributed by atoms with Crippen molar-refractivity contribution in [2.75, 3.05) is 21.3 Å². The highest BCUT2D eigenvalue weighted by molar-refractivity contribution is 6.02. The smallest absolute Gasteiger partial charge is 0.328 e. The molecular weight excluding hydrogens is 286 g/mol. The van der Waals surface area contributed by atoms with E-state index in [-0.39, 0.29) is 5.97 Å². The van der Waals surface area contributed by atoms with Gasteiger partial charge in [0.15, 0.2) is 6.29 Å². The Hall–Kier alpha value is -2.50. The standard InChI is InChI=1S/C16H19NO5/c1-5-12(16(19)22-4)17-8-10(9-18)15-13(17)6-11(20-2)7-14(15)21-3/h6-9,12H,5H2,1-4H3. The van der Waals surface area contributed by atoms with Gasteiger partial charge in [0.05, 0.1) is 32.2 Å². The minimum absolute atomic E-state index is 0.362. The zero-order valence-corrected chi connectivity index (χ0v) is 13.1. The van der Waals surface area contributed by atoms with Gasteiger partial charge in [0.1, 0.15) is 17.5 Å². The van der Waals surface area contributed by atoms with E-state index in [4.69, 9.17) is 14.2 Å². The first-order valence-corrected chi connectivity index (χ1v) is 6.90. The Morgan fingerprint density at radius 1 is 1.27 bits per heavy atom. The number of carbonyl (C=O) groups excluding carboxylic acids is 2. The maximum Gasteiger partial charge on any atom is 0.328 e. The number of hydrogen-bond donors (Lipinski definition) is 0. The van der Waals surface area contributed by atoms with E-state index in [0.717, 1.165) is 6.29 Å². The van der Waals surface area contributed by atoms with E-state index in [2.05, 4.69) is 0 Å². The van der Waals surface area contributed by atoms with E-state index in [0.29, 0.717) is 34.4 Å². The van der Waals surface area contributed by atoms with E-state index in [1.165, 1.54) is 14.2 Å². The lowest BCUT2D eigenvalue weighted by Crippen LogP contribution is -2.19. The maximum absolute atomic E-state index is 12.0. The molecule has 2 rings (SSSR count). The van der Waals surface area contributed by atoms with Gasteiger partial charge in [-0.05, 0) is 6.42 Å². The van der Waals surface area contributed by atoms with Gasteiger partial charge in [0.25, 0.3) is 0 Å². The zero-order valence-electron chi connectivity index (χ0n) is 13.1. The Labute approximate surface area is 128 Å². The fraction of sp³-hybridized carbons (Fsp3) is 0.375. The first kappa shape index (κ1) is 15.9. The number of ether oxygens (including phenoxy) is 3. The van der Waals surface area contributed by atoms with Crippen molar-refractivity contribution in [3.05, 3.63) is 23.9 Å². The number of benzene rings is 1. The van der Waals surface area contributed by atoms with Gasteiger partial charge in [-0.25, -0.2) is 4.79 Å². The number of esters is 1. The van der Waals surface area contributed by atoms with Gasteiger partial charge >= 0.3 is 5.97 Å². The van der Waals surface area contributed by atoms with Crippen molar-refractivity contribution in [2.24, 2.45) is 0 Å². The summed E-state index contributed by atoms with van der Waals surface area (Å²) >= 11 is 0. The van der Waals surface area contributed by atoms with Gasteiger partial charge in [-0.15, -0.1) is 0 Å². The SMILES string of the molecule is CCC(C(=O)OC)n1cc(C=O)c2c(OC)cc(OC)cc21. The molecule has 1 unspecified atom stereocenters. The quantitative estimate of drug-likeness (QED) is 0.606. The van der Waals surface area contributed by atoms with Crippen molar-refractivity contribution in [1.82, 2.24) is 4.57 Å². The molecule has 0 spiro atoms. The highest BCUT2D eigenvalue weighted by Crippen LogP contribution is 2.36. The second-order valence-electron chi connectivity index (χ2n) is 4.78. The van der Waals surface area contributed by atoms with Crippen molar-refractivity contribution in [3.8, 4) is 11.5 Å². The Morgan fingerprint density at radius 3 is 2.50 bits per heavy atom.